The van der Waals surface area contributed by atoms with Crippen LogP contribution in [0.4, 0.5) is 0 Å². The summed E-state index contributed by atoms with van der Waals surface area (Å²) in [5.74, 6) is 5.60. The van der Waals surface area contributed by atoms with Gasteiger partial charge < -0.3 is 4.74 Å². The molecule has 0 radical (unpaired) electrons. The fourth-order valence-electron chi connectivity index (χ4n) is 10.6. The van der Waals surface area contributed by atoms with E-state index in [1.54, 1.807) is 5.57 Å². The molecule has 0 aromatic carbocycles. The molecular formula is C39H70O. The molecule has 1 nitrogen and oxygen atoms in total. The van der Waals surface area contributed by atoms with Crippen LogP contribution in [-0.2, 0) is 4.74 Å². The van der Waals surface area contributed by atoms with E-state index in [1.807, 2.05) is 0 Å². The Balaban J connectivity index is 1.21. The Labute approximate surface area is 251 Å². The molecule has 4 aliphatic carbocycles. The first-order valence-electron chi connectivity index (χ1n) is 18.6. The van der Waals surface area contributed by atoms with Crippen molar-refractivity contribution in [3.05, 3.63) is 11.6 Å². The maximum atomic E-state index is 6.52. The molecule has 0 amide bonds. The summed E-state index contributed by atoms with van der Waals surface area (Å²) in [6.45, 7) is 16.1. The van der Waals surface area contributed by atoms with Gasteiger partial charge in [0.2, 0.25) is 0 Å². The van der Waals surface area contributed by atoms with Crippen molar-refractivity contribution in [2.45, 2.75) is 182 Å². The monoisotopic (exact) mass is 555 g/mol. The van der Waals surface area contributed by atoms with Crippen molar-refractivity contribution >= 4 is 0 Å². The lowest BCUT2D eigenvalue weighted by molar-refractivity contribution is -0.0641. The minimum Gasteiger partial charge on any atom is -0.378 e. The molecule has 40 heavy (non-hydrogen) atoms. The Bertz CT molecular complexity index is 767. The SMILES string of the molecule is CCCCCCCCCCCCOC1CC[C@@]2(C)C(=CC[C@H]3[C@@H]4CC[C@H]([C@H](C)CCCC(C)C)[C@@]4(C)CC[C@@H]32)C1. The minimum atomic E-state index is 0.461. The van der Waals surface area contributed by atoms with Crippen molar-refractivity contribution in [1.29, 1.82) is 0 Å². The third-order valence-corrected chi connectivity index (χ3v) is 13.1. The van der Waals surface area contributed by atoms with Crippen LogP contribution in [0.3, 0.4) is 0 Å². The lowest BCUT2D eigenvalue weighted by atomic mass is 9.47. The summed E-state index contributed by atoms with van der Waals surface area (Å²) in [4.78, 5) is 0. The number of hydrogen-bond donors (Lipinski definition) is 0. The molecule has 1 heteroatoms. The van der Waals surface area contributed by atoms with E-state index in [0.717, 1.165) is 42.1 Å². The standard InChI is InChI=1S/C39H70O/c1-7-8-9-10-11-12-13-14-15-16-28-40-33-24-26-38(5)32(29-33)20-21-34-36-23-22-35(31(4)19-17-18-30(2)3)39(36,6)27-25-37(34)38/h20,30-31,33-37H,7-19,21-29H2,1-6H3/t31-,33?,34+,35-,36+,37+,38+,39-/m1/s1. The Morgan fingerprint density at radius 3 is 2.17 bits per heavy atom. The molecule has 0 saturated heterocycles. The summed E-state index contributed by atoms with van der Waals surface area (Å²) in [5, 5.41) is 0. The van der Waals surface area contributed by atoms with Gasteiger partial charge in [0.15, 0.2) is 0 Å². The van der Waals surface area contributed by atoms with Crippen LogP contribution in [0.5, 0.6) is 0 Å². The Hall–Kier alpha value is -0.300. The zero-order valence-corrected chi connectivity index (χ0v) is 28.1. The van der Waals surface area contributed by atoms with Crippen molar-refractivity contribution < 1.29 is 4.74 Å². The lowest BCUT2D eigenvalue weighted by Crippen LogP contribution is -2.51. The second-order valence-electron chi connectivity index (χ2n) is 16.2. The van der Waals surface area contributed by atoms with E-state index in [-0.39, 0.29) is 0 Å². The van der Waals surface area contributed by atoms with Gasteiger partial charge in [-0.25, -0.2) is 0 Å². The first-order chi connectivity index (χ1) is 19.3. The highest BCUT2D eigenvalue weighted by Crippen LogP contribution is 2.67. The molecule has 0 aromatic heterocycles. The fraction of sp³-hybridized carbons (Fsp3) is 0.949. The van der Waals surface area contributed by atoms with E-state index in [1.165, 1.54) is 135 Å². The quantitative estimate of drug-likeness (QED) is 0.128. The second-order valence-corrected chi connectivity index (χ2v) is 16.2. The molecular weight excluding hydrogens is 484 g/mol. The summed E-state index contributed by atoms with van der Waals surface area (Å²) >= 11 is 0. The highest BCUT2D eigenvalue weighted by Gasteiger charge is 2.59. The van der Waals surface area contributed by atoms with Crippen LogP contribution in [0.15, 0.2) is 11.6 Å². The van der Waals surface area contributed by atoms with Crippen LogP contribution in [-0.4, -0.2) is 12.7 Å². The molecule has 0 heterocycles. The first-order valence-corrected chi connectivity index (χ1v) is 18.6. The molecule has 4 aliphatic rings. The molecule has 0 aliphatic heterocycles. The molecule has 4 rings (SSSR count). The fourth-order valence-corrected chi connectivity index (χ4v) is 10.6. The third-order valence-electron chi connectivity index (χ3n) is 13.1. The number of fused-ring (bicyclic) bond motifs is 5. The Morgan fingerprint density at radius 1 is 0.775 bits per heavy atom. The maximum absolute atomic E-state index is 6.52. The van der Waals surface area contributed by atoms with Crippen LogP contribution in [0.1, 0.15) is 176 Å². The molecule has 8 atom stereocenters. The number of allylic oxidation sites excluding steroid dienone is 1. The largest absolute Gasteiger partial charge is 0.378 e. The van der Waals surface area contributed by atoms with Gasteiger partial charge in [0.25, 0.3) is 0 Å². The summed E-state index contributed by atoms with van der Waals surface area (Å²) in [7, 11) is 0. The summed E-state index contributed by atoms with van der Waals surface area (Å²) in [6, 6.07) is 0. The van der Waals surface area contributed by atoms with Gasteiger partial charge in [-0.1, -0.05) is 130 Å². The van der Waals surface area contributed by atoms with Gasteiger partial charge in [-0.05, 0) is 104 Å². The van der Waals surface area contributed by atoms with Crippen molar-refractivity contribution in [2.24, 2.45) is 46.3 Å². The zero-order valence-electron chi connectivity index (χ0n) is 28.1. The van der Waals surface area contributed by atoms with Crippen LogP contribution in [0, 0.1) is 46.3 Å². The van der Waals surface area contributed by atoms with Gasteiger partial charge in [-0.2, -0.15) is 0 Å². The van der Waals surface area contributed by atoms with E-state index in [4.69, 9.17) is 4.74 Å². The van der Waals surface area contributed by atoms with Crippen molar-refractivity contribution in [1.82, 2.24) is 0 Å². The summed E-state index contributed by atoms with van der Waals surface area (Å²) < 4.78 is 6.52. The second kappa shape index (κ2) is 15.4. The van der Waals surface area contributed by atoms with Gasteiger partial charge in [-0.3, -0.25) is 0 Å². The van der Waals surface area contributed by atoms with Crippen LogP contribution in [0.2, 0.25) is 0 Å². The first kappa shape index (κ1) is 32.6. The van der Waals surface area contributed by atoms with E-state index < -0.39 is 0 Å². The highest BCUT2D eigenvalue weighted by atomic mass is 16.5. The molecule has 232 valence electrons. The Morgan fingerprint density at radius 2 is 1.48 bits per heavy atom. The third kappa shape index (κ3) is 7.80. The number of ether oxygens (including phenoxy) is 1. The minimum absolute atomic E-state index is 0.461. The lowest BCUT2D eigenvalue weighted by Gasteiger charge is -2.58. The average molecular weight is 555 g/mol. The van der Waals surface area contributed by atoms with E-state index >= 15 is 0 Å². The average Bonchev–Trinajstić information content (AvgIpc) is 3.29. The molecule has 3 saturated carbocycles. The van der Waals surface area contributed by atoms with Crippen molar-refractivity contribution in [2.75, 3.05) is 6.61 Å². The maximum Gasteiger partial charge on any atom is 0.0612 e. The highest BCUT2D eigenvalue weighted by molar-refractivity contribution is 5.25. The van der Waals surface area contributed by atoms with E-state index in [0.29, 0.717) is 16.9 Å². The molecule has 0 aromatic rings. The van der Waals surface area contributed by atoms with Crippen molar-refractivity contribution in [3.63, 3.8) is 0 Å². The van der Waals surface area contributed by atoms with Gasteiger partial charge in [-0.15, -0.1) is 0 Å². The van der Waals surface area contributed by atoms with Crippen LogP contribution < -0.4 is 0 Å². The van der Waals surface area contributed by atoms with Gasteiger partial charge in [0, 0.05) is 6.61 Å². The predicted octanol–water partition coefficient (Wildman–Crippen LogP) is 12.3. The van der Waals surface area contributed by atoms with Crippen LogP contribution >= 0.6 is 0 Å². The molecule has 0 spiro atoms. The number of unbranched alkanes of at least 4 members (excludes halogenated alkanes) is 9. The molecule has 0 N–H and O–H groups in total. The summed E-state index contributed by atoms with van der Waals surface area (Å²) in [6.07, 6.45) is 32.9. The molecule has 0 bridgehead atoms. The summed E-state index contributed by atoms with van der Waals surface area (Å²) in [5.41, 5.74) is 2.87. The topological polar surface area (TPSA) is 9.23 Å². The number of hydrogen-bond acceptors (Lipinski definition) is 1. The van der Waals surface area contributed by atoms with Gasteiger partial charge in [0.05, 0.1) is 6.10 Å². The van der Waals surface area contributed by atoms with E-state index in [2.05, 4.69) is 47.6 Å². The number of rotatable bonds is 17. The zero-order chi connectivity index (χ0) is 28.6. The normalized spacial score (nSPS) is 36.2. The molecule has 3 fully saturated rings. The van der Waals surface area contributed by atoms with Gasteiger partial charge in [0.1, 0.15) is 0 Å². The smallest absolute Gasteiger partial charge is 0.0612 e. The Kier molecular flexibility index (Phi) is 12.6. The van der Waals surface area contributed by atoms with Gasteiger partial charge >= 0.3 is 0 Å². The van der Waals surface area contributed by atoms with E-state index in [9.17, 15) is 0 Å². The van der Waals surface area contributed by atoms with Crippen LogP contribution in [0.25, 0.3) is 0 Å². The predicted molar refractivity (Wildman–Crippen MR) is 175 cm³/mol. The molecule has 1 unspecified atom stereocenters. The van der Waals surface area contributed by atoms with Crippen molar-refractivity contribution in [3.8, 4) is 0 Å².